The minimum Gasteiger partial charge on any atom is -0.396 e. The maximum Gasteiger partial charge on any atom is 0.433 e. The number of aromatic nitrogens is 2. The zero-order valence-electron chi connectivity index (χ0n) is 11.8. The number of nitrogens with one attached hydrogen (secondary N) is 1. The Bertz CT molecular complexity index is 477. The van der Waals surface area contributed by atoms with Crippen molar-refractivity contribution >= 4 is 11.8 Å². The molecule has 1 aromatic rings. The summed E-state index contributed by atoms with van der Waals surface area (Å²) in [6.07, 6.45) is -1.07. The first-order valence-corrected chi connectivity index (χ1v) is 6.97. The van der Waals surface area contributed by atoms with Gasteiger partial charge in [-0.15, -0.1) is 0 Å². The van der Waals surface area contributed by atoms with E-state index in [9.17, 15) is 13.2 Å². The summed E-state index contributed by atoms with van der Waals surface area (Å²) in [6.45, 7) is 0.484. The van der Waals surface area contributed by atoms with E-state index in [2.05, 4.69) is 15.3 Å². The number of anilines is 2. The molecule has 0 radical (unpaired) electrons. The zero-order valence-corrected chi connectivity index (χ0v) is 11.8. The van der Waals surface area contributed by atoms with Crippen LogP contribution >= 0.6 is 0 Å². The van der Waals surface area contributed by atoms with E-state index in [0.717, 1.165) is 25.3 Å². The van der Waals surface area contributed by atoms with Gasteiger partial charge in [0.2, 0.25) is 5.95 Å². The Balaban J connectivity index is 2.33. The molecule has 2 rings (SSSR count). The fraction of sp³-hybridized carbons (Fsp3) is 0.692. The molecule has 1 fully saturated rings. The van der Waals surface area contributed by atoms with Crippen LogP contribution in [0.5, 0.6) is 0 Å². The van der Waals surface area contributed by atoms with Gasteiger partial charge in [-0.25, -0.2) is 4.98 Å². The van der Waals surface area contributed by atoms with Crippen LogP contribution in [0.4, 0.5) is 24.9 Å². The smallest absolute Gasteiger partial charge is 0.396 e. The summed E-state index contributed by atoms with van der Waals surface area (Å²) in [6, 6.07) is 1.17. The highest BCUT2D eigenvalue weighted by Gasteiger charge is 2.35. The highest BCUT2D eigenvalue weighted by molar-refractivity contribution is 5.46. The second-order valence-corrected chi connectivity index (χ2v) is 5.04. The number of rotatable bonds is 6. The monoisotopic (exact) mass is 304 g/mol. The topological polar surface area (TPSA) is 61.3 Å². The maximum atomic E-state index is 12.9. The normalized spacial score (nSPS) is 15.7. The van der Waals surface area contributed by atoms with E-state index in [1.807, 2.05) is 4.90 Å². The number of hydrogen-bond acceptors (Lipinski definition) is 5. The van der Waals surface area contributed by atoms with Crippen molar-refractivity contribution < 1.29 is 18.3 Å². The minimum absolute atomic E-state index is 0.000678. The molecule has 0 unspecified atom stereocenters. The molecule has 0 saturated heterocycles. The van der Waals surface area contributed by atoms with Crippen LogP contribution in [0, 0.1) is 0 Å². The van der Waals surface area contributed by atoms with E-state index in [4.69, 9.17) is 5.11 Å². The van der Waals surface area contributed by atoms with Crippen LogP contribution in [0.3, 0.4) is 0 Å². The molecule has 0 amide bonds. The van der Waals surface area contributed by atoms with Gasteiger partial charge >= 0.3 is 6.18 Å². The summed E-state index contributed by atoms with van der Waals surface area (Å²) in [4.78, 5) is 9.45. The van der Waals surface area contributed by atoms with Gasteiger partial charge in [-0.05, 0) is 25.7 Å². The Labute approximate surface area is 121 Å². The maximum absolute atomic E-state index is 12.9. The van der Waals surface area contributed by atoms with Crippen molar-refractivity contribution in [1.29, 1.82) is 0 Å². The molecule has 0 aromatic carbocycles. The van der Waals surface area contributed by atoms with Crippen LogP contribution < -0.4 is 10.2 Å². The summed E-state index contributed by atoms with van der Waals surface area (Å²) in [5, 5.41) is 11.5. The lowest BCUT2D eigenvalue weighted by Gasteiger charge is -2.38. The zero-order chi connectivity index (χ0) is 15.5. The predicted molar refractivity (Wildman–Crippen MR) is 73.3 cm³/mol. The fourth-order valence-corrected chi connectivity index (χ4v) is 2.26. The average molecular weight is 304 g/mol. The van der Waals surface area contributed by atoms with Crippen molar-refractivity contribution in [3.05, 3.63) is 11.8 Å². The Morgan fingerprint density at radius 1 is 1.38 bits per heavy atom. The van der Waals surface area contributed by atoms with Crippen LogP contribution in [-0.4, -0.2) is 41.3 Å². The second kappa shape index (κ2) is 6.46. The molecule has 0 spiro atoms. The molecule has 1 aromatic heterocycles. The fourth-order valence-electron chi connectivity index (χ4n) is 2.26. The highest BCUT2D eigenvalue weighted by Crippen LogP contribution is 2.33. The Morgan fingerprint density at radius 3 is 2.57 bits per heavy atom. The summed E-state index contributed by atoms with van der Waals surface area (Å²) >= 11 is 0. The molecule has 1 saturated carbocycles. The van der Waals surface area contributed by atoms with Crippen LogP contribution in [-0.2, 0) is 6.18 Å². The number of aliphatic hydroxyl groups is 1. The largest absolute Gasteiger partial charge is 0.433 e. The van der Waals surface area contributed by atoms with Crippen molar-refractivity contribution in [2.24, 2.45) is 0 Å². The predicted octanol–water partition coefficient (Wildman–Crippen LogP) is 2.28. The Kier molecular flexibility index (Phi) is 4.87. The quantitative estimate of drug-likeness (QED) is 0.844. The average Bonchev–Trinajstić information content (AvgIpc) is 2.39. The third-order valence-corrected chi connectivity index (χ3v) is 3.59. The van der Waals surface area contributed by atoms with E-state index < -0.39 is 11.9 Å². The van der Waals surface area contributed by atoms with Crippen LogP contribution in [0.1, 0.15) is 31.4 Å². The lowest BCUT2D eigenvalue weighted by atomic mass is 9.91. The number of alkyl halides is 3. The van der Waals surface area contributed by atoms with Gasteiger partial charge in [0.25, 0.3) is 0 Å². The van der Waals surface area contributed by atoms with Gasteiger partial charge in [0.05, 0.1) is 0 Å². The van der Waals surface area contributed by atoms with Gasteiger partial charge in [0.1, 0.15) is 5.82 Å². The van der Waals surface area contributed by atoms with Gasteiger partial charge < -0.3 is 15.3 Å². The summed E-state index contributed by atoms with van der Waals surface area (Å²) in [5.74, 6) is 0.216. The number of nitrogens with zero attached hydrogens (tertiary/aromatic N) is 3. The molecule has 1 heterocycles. The lowest BCUT2D eigenvalue weighted by Crippen LogP contribution is -2.42. The molecule has 8 heteroatoms. The molecule has 118 valence electrons. The van der Waals surface area contributed by atoms with E-state index in [0.29, 0.717) is 13.0 Å². The molecule has 1 aliphatic rings. The minimum atomic E-state index is -4.51. The molecule has 5 nitrogen and oxygen atoms in total. The van der Waals surface area contributed by atoms with Gasteiger partial charge in [-0.1, -0.05) is 0 Å². The SMILES string of the molecule is CNc1nc(N(CCCO)C2CCC2)cc(C(F)(F)F)n1. The van der Waals surface area contributed by atoms with Crippen molar-refractivity contribution in [1.82, 2.24) is 9.97 Å². The van der Waals surface area contributed by atoms with Gasteiger partial charge in [0.15, 0.2) is 5.69 Å². The van der Waals surface area contributed by atoms with Crippen molar-refractivity contribution in [2.75, 3.05) is 30.4 Å². The Hall–Kier alpha value is -1.57. The van der Waals surface area contributed by atoms with E-state index in [1.165, 1.54) is 7.05 Å². The first kappa shape index (κ1) is 15.8. The molecule has 0 atom stereocenters. The van der Waals surface area contributed by atoms with Gasteiger partial charge in [0, 0.05) is 32.3 Å². The van der Waals surface area contributed by atoms with Crippen molar-refractivity contribution in [2.45, 2.75) is 37.9 Å². The van der Waals surface area contributed by atoms with Crippen LogP contribution in [0.15, 0.2) is 6.07 Å². The summed E-state index contributed by atoms with van der Waals surface area (Å²) in [5.41, 5.74) is -0.954. The standard InChI is InChI=1S/C13H19F3N4O/c1-17-12-18-10(13(14,15)16)8-11(19-12)20(6-3-7-21)9-4-2-5-9/h8-9,21H,2-7H2,1H3,(H,17,18,19). The first-order chi connectivity index (χ1) is 9.95. The van der Waals surface area contributed by atoms with Gasteiger partial charge in [-0.3, -0.25) is 0 Å². The molecule has 0 bridgehead atoms. The van der Waals surface area contributed by atoms with E-state index >= 15 is 0 Å². The first-order valence-electron chi connectivity index (χ1n) is 6.97. The Morgan fingerprint density at radius 2 is 2.10 bits per heavy atom. The second-order valence-electron chi connectivity index (χ2n) is 5.04. The third kappa shape index (κ3) is 3.75. The molecule has 2 N–H and O–H groups in total. The van der Waals surface area contributed by atoms with Crippen molar-refractivity contribution in [3.8, 4) is 0 Å². The van der Waals surface area contributed by atoms with E-state index in [-0.39, 0.29) is 24.4 Å². The van der Waals surface area contributed by atoms with E-state index in [1.54, 1.807) is 0 Å². The number of aliphatic hydroxyl groups excluding tert-OH is 1. The molecule has 21 heavy (non-hydrogen) atoms. The summed E-state index contributed by atoms with van der Waals surface area (Å²) in [7, 11) is 1.49. The van der Waals surface area contributed by atoms with Gasteiger partial charge in [-0.2, -0.15) is 18.2 Å². The number of hydrogen-bond donors (Lipinski definition) is 2. The highest BCUT2D eigenvalue weighted by atomic mass is 19.4. The summed E-state index contributed by atoms with van der Waals surface area (Å²) < 4.78 is 38.8. The molecule has 0 aliphatic heterocycles. The van der Waals surface area contributed by atoms with Crippen molar-refractivity contribution in [3.63, 3.8) is 0 Å². The lowest BCUT2D eigenvalue weighted by molar-refractivity contribution is -0.141. The number of halogens is 3. The molecular weight excluding hydrogens is 285 g/mol. The van der Waals surface area contributed by atoms with Crippen LogP contribution in [0.2, 0.25) is 0 Å². The molecule has 1 aliphatic carbocycles. The molecular formula is C13H19F3N4O. The third-order valence-electron chi connectivity index (χ3n) is 3.59. The van der Waals surface area contributed by atoms with Crippen LogP contribution in [0.25, 0.3) is 0 Å².